The molecule has 0 spiro atoms. The average molecular weight is 221 g/mol. The van der Waals surface area contributed by atoms with E-state index in [2.05, 4.69) is 13.8 Å². The molecule has 0 saturated heterocycles. The van der Waals surface area contributed by atoms with E-state index in [1.807, 2.05) is 30.3 Å². The van der Waals surface area contributed by atoms with Crippen molar-refractivity contribution in [3.8, 4) is 0 Å². The van der Waals surface area contributed by atoms with Crippen LogP contribution in [0.25, 0.3) is 0 Å². The standard InChI is InChI=1S/C14H23NO/c1-3-10-14(16,11-4-2)13(15)12-8-6-5-7-9-12/h5-9,13,16H,3-4,10-11,15H2,1-2H3/t13-/m0/s1. The van der Waals surface area contributed by atoms with Gasteiger partial charge in [-0.15, -0.1) is 0 Å². The van der Waals surface area contributed by atoms with Crippen molar-refractivity contribution in [2.24, 2.45) is 5.73 Å². The van der Waals surface area contributed by atoms with Crippen molar-refractivity contribution in [1.29, 1.82) is 0 Å². The lowest BCUT2D eigenvalue weighted by molar-refractivity contribution is -0.00455. The molecule has 0 aliphatic heterocycles. The van der Waals surface area contributed by atoms with Crippen LogP contribution in [0.5, 0.6) is 0 Å². The van der Waals surface area contributed by atoms with Gasteiger partial charge in [0.25, 0.3) is 0 Å². The van der Waals surface area contributed by atoms with Crippen LogP contribution in [0, 0.1) is 0 Å². The van der Waals surface area contributed by atoms with E-state index in [0.717, 1.165) is 31.2 Å². The van der Waals surface area contributed by atoms with Crippen LogP contribution in [-0.4, -0.2) is 10.7 Å². The smallest absolute Gasteiger partial charge is 0.0839 e. The van der Waals surface area contributed by atoms with Crippen LogP contribution >= 0.6 is 0 Å². The van der Waals surface area contributed by atoms with E-state index in [1.54, 1.807) is 0 Å². The molecule has 2 nitrogen and oxygen atoms in total. The minimum Gasteiger partial charge on any atom is -0.388 e. The molecule has 1 aromatic rings. The summed E-state index contributed by atoms with van der Waals surface area (Å²) in [6, 6.07) is 9.59. The van der Waals surface area contributed by atoms with Crippen molar-refractivity contribution in [1.82, 2.24) is 0 Å². The highest BCUT2D eigenvalue weighted by Crippen LogP contribution is 2.31. The molecular formula is C14H23NO. The summed E-state index contributed by atoms with van der Waals surface area (Å²) in [5.41, 5.74) is 6.46. The van der Waals surface area contributed by atoms with Gasteiger partial charge in [-0.25, -0.2) is 0 Å². The van der Waals surface area contributed by atoms with Gasteiger partial charge in [-0.1, -0.05) is 57.0 Å². The second-order valence-corrected chi connectivity index (χ2v) is 4.49. The quantitative estimate of drug-likeness (QED) is 0.775. The summed E-state index contributed by atoms with van der Waals surface area (Å²) < 4.78 is 0. The van der Waals surface area contributed by atoms with Crippen molar-refractivity contribution >= 4 is 0 Å². The van der Waals surface area contributed by atoms with Gasteiger partial charge in [0.2, 0.25) is 0 Å². The highest BCUT2D eigenvalue weighted by molar-refractivity contribution is 5.21. The van der Waals surface area contributed by atoms with E-state index in [1.165, 1.54) is 0 Å². The van der Waals surface area contributed by atoms with Gasteiger partial charge in [-0.05, 0) is 18.4 Å². The van der Waals surface area contributed by atoms with E-state index in [0.29, 0.717) is 0 Å². The number of aliphatic hydroxyl groups is 1. The first-order valence-corrected chi connectivity index (χ1v) is 6.17. The summed E-state index contributed by atoms with van der Waals surface area (Å²) in [6.45, 7) is 4.16. The fourth-order valence-corrected chi connectivity index (χ4v) is 2.27. The monoisotopic (exact) mass is 221 g/mol. The van der Waals surface area contributed by atoms with Gasteiger partial charge in [-0.3, -0.25) is 0 Å². The Morgan fingerprint density at radius 3 is 2.06 bits per heavy atom. The third-order valence-electron chi connectivity index (χ3n) is 3.10. The Bertz CT molecular complexity index is 291. The Balaban J connectivity index is 2.86. The van der Waals surface area contributed by atoms with Gasteiger partial charge in [-0.2, -0.15) is 0 Å². The lowest BCUT2D eigenvalue weighted by atomic mass is 9.82. The molecule has 3 N–H and O–H groups in total. The number of benzene rings is 1. The molecule has 1 aromatic carbocycles. The molecule has 0 fully saturated rings. The zero-order chi connectivity index (χ0) is 12.0. The maximum Gasteiger partial charge on any atom is 0.0839 e. The van der Waals surface area contributed by atoms with Crippen LogP contribution in [0.2, 0.25) is 0 Å². The van der Waals surface area contributed by atoms with Crippen LogP contribution in [0.3, 0.4) is 0 Å². The van der Waals surface area contributed by atoms with Crippen LogP contribution in [0.4, 0.5) is 0 Å². The maximum atomic E-state index is 10.6. The summed E-state index contributed by atoms with van der Waals surface area (Å²) in [5.74, 6) is 0. The summed E-state index contributed by atoms with van der Waals surface area (Å²) in [7, 11) is 0. The third-order valence-corrected chi connectivity index (χ3v) is 3.10. The Kier molecular flexibility index (Phi) is 4.97. The number of hydrogen-bond acceptors (Lipinski definition) is 2. The summed E-state index contributed by atoms with van der Waals surface area (Å²) in [6.07, 6.45) is 3.43. The molecule has 0 heterocycles. The average Bonchev–Trinajstić information content (AvgIpc) is 2.30. The molecule has 0 unspecified atom stereocenters. The molecule has 0 saturated carbocycles. The fourth-order valence-electron chi connectivity index (χ4n) is 2.27. The van der Waals surface area contributed by atoms with Crippen LogP contribution in [0.1, 0.15) is 51.1 Å². The predicted octanol–water partition coefficient (Wildman–Crippen LogP) is 3.02. The van der Waals surface area contributed by atoms with Crippen molar-refractivity contribution in [3.63, 3.8) is 0 Å². The Morgan fingerprint density at radius 2 is 1.62 bits per heavy atom. The lowest BCUT2D eigenvalue weighted by Gasteiger charge is -2.34. The number of nitrogens with two attached hydrogens (primary N) is 1. The van der Waals surface area contributed by atoms with Crippen LogP contribution in [0.15, 0.2) is 30.3 Å². The van der Waals surface area contributed by atoms with E-state index < -0.39 is 5.60 Å². The first kappa shape index (κ1) is 13.2. The third kappa shape index (κ3) is 3.06. The van der Waals surface area contributed by atoms with Crippen molar-refractivity contribution in [2.75, 3.05) is 0 Å². The lowest BCUT2D eigenvalue weighted by Crippen LogP contribution is -2.41. The molecule has 90 valence electrons. The first-order chi connectivity index (χ1) is 7.64. The minimum atomic E-state index is -0.759. The van der Waals surface area contributed by atoms with E-state index in [9.17, 15) is 5.11 Å². The highest BCUT2D eigenvalue weighted by Gasteiger charge is 2.33. The van der Waals surface area contributed by atoms with Crippen LogP contribution < -0.4 is 5.73 Å². The predicted molar refractivity (Wildman–Crippen MR) is 68.1 cm³/mol. The minimum absolute atomic E-state index is 0.284. The summed E-state index contributed by atoms with van der Waals surface area (Å²) in [4.78, 5) is 0. The molecule has 0 radical (unpaired) electrons. The molecule has 0 amide bonds. The molecule has 0 aliphatic carbocycles. The second-order valence-electron chi connectivity index (χ2n) is 4.49. The second kappa shape index (κ2) is 6.02. The number of rotatable bonds is 6. The zero-order valence-electron chi connectivity index (χ0n) is 10.3. The molecule has 2 heteroatoms. The molecule has 0 bridgehead atoms. The molecule has 1 rings (SSSR count). The SMILES string of the molecule is CCCC(O)(CCC)[C@@H](N)c1ccccc1. The maximum absolute atomic E-state index is 10.6. The molecule has 1 atom stereocenters. The molecular weight excluding hydrogens is 198 g/mol. The number of hydrogen-bond donors (Lipinski definition) is 2. The van der Waals surface area contributed by atoms with Crippen molar-refractivity contribution in [3.05, 3.63) is 35.9 Å². The topological polar surface area (TPSA) is 46.2 Å². The molecule has 16 heavy (non-hydrogen) atoms. The van der Waals surface area contributed by atoms with Crippen molar-refractivity contribution in [2.45, 2.75) is 51.2 Å². The highest BCUT2D eigenvalue weighted by atomic mass is 16.3. The Morgan fingerprint density at radius 1 is 1.12 bits per heavy atom. The Labute approximate surface area is 98.5 Å². The molecule has 0 aliphatic rings. The van der Waals surface area contributed by atoms with Gasteiger partial charge in [0.05, 0.1) is 11.6 Å². The van der Waals surface area contributed by atoms with Gasteiger partial charge in [0.15, 0.2) is 0 Å². The first-order valence-electron chi connectivity index (χ1n) is 6.17. The van der Waals surface area contributed by atoms with Crippen molar-refractivity contribution < 1.29 is 5.11 Å². The van der Waals surface area contributed by atoms with Gasteiger partial charge in [0.1, 0.15) is 0 Å². The van der Waals surface area contributed by atoms with E-state index >= 15 is 0 Å². The summed E-state index contributed by atoms with van der Waals surface area (Å²) in [5, 5.41) is 10.6. The van der Waals surface area contributed by atoms with Gasteiger partial charge >= 0.3 is 0 Å². The van der Waals surface area contributed by atoms with Gasteiger partial charge in [0, 0.05) is 0 Å². The van der Waals surface area contributed by atoms with Crippen LogP contribution in [-0.2, 0) is 0 Å². The summed E-state index contributed by atoms with van der Waals surface area (Å²) >= 11 is 0. The Hall–Kier alpha value is -0.860. The normalized spacial score (nSPS) is 13.8. The van der Waals surface area contributed by atoms with Gasteiger partial charge < -0.3 is 10.8 Å². The largest absolute Gasteiger partial charge is 0.388 e. The zero-order valence-corrected chi connectivity index (χ0v) is 10.3. The van der Waals surface area contributed by atoms with E-state index in [4.69, 9.17) is 5.73 Å². The molecule has 0 aromatic heterocycles. The fraction of sp³-hybridized carbons (Fsp3) is 0.571. The van der Waals surface area contributed by atoms with E-state index in [-0.39, 0.29) is 6.04 Å².